The maximum absolute atomic E-state index is 4.67. The largest absolute Gasteiger partial charge is 0.313 e. The van der Waals surface area contributed by atoms with Crippen LogP contribution in [0.2, 0.25) is 0 Å². The van der Waals surface area contributed by atoms with Gasteiger partial charge in [-0.1, -0.05) is 30.3 Å². The normalized spacial score (nSPS) is 14.9. The van der Waals surface area contributed by atoms with Crippen molar-refractivity contribution in [3.63, 3.8) is 0 Å². The van der Waals surface area contributed by atoms with Crippen molar-refractivity contribution >= 4 is 0 Å². The minimum absolute atomic E-state index is 0.843. The average Bonchev–Trinajstić information content (AvgIpc) is 3.10. The Balaban J connectivity index is 1.47. The summed E-state index contributed by atoms with van der Waals surface area (Å²) in [5.74, 6) is 2.19. The number of aryl methyl sites for hydroxylation is 2. The van der Waals surface area contributed by atoms with E-state index >= 15 is 0 Å². The van der Waals surface area contributed by atoms with Gasteiger partial charge in [0.1, 0.15) is 11.6 Å². The summed E-state index contributed by atoms with van der Waals surface area (Å²) in [4.78, 5) is 2.53. The molecule has 1 aliphatic rings. The fourth-order valence-corrected chi connectivity index (χ4v) is 3.99. The number of rotatable bonds is 5. The van der Waals surface area contributed by atoms with Crippen LogP contribution in [0.1, 0.15) is 41.1 Å². The highest BCUT2D eigenvalue weighted by molar-refractivity contribution is 5.24. The van der Waals surface area contributed by atoms with Crippen molar-refractivity contribution in [2.45, 2.75) is 53.2 Å². The predicted molar refractivity (Wildman–Crippen MR) is 106 cm³/mol. The molecule has 142 valence electrons. The molecule has 0 saturated heterocycles. The minimum Gasteiger partial charge on any atom is -0.313 e. The summed E-state index contributed by atoms with van der Waals surface area (Å²) >= 11 is 0. The van der Waals surface area contributed by atoms with E-state index in [4.69, 9.17) is 0 Å². The first-order chi connectivity index (χ1) is 13.2. The summed E-state index contributed by atoms with van der Waals surface area (Å²) in [5, 5.41) is 13.6. The number of benzene rings is 1. The lowest BCUT2D eigenvalue weighted by Gasteiger charge is -2.20. The number of fused-ring (bicyclic) bond motifs is 1. The fourth-order valence-electron chi connectivity index (χ4n) is 3.99. The molecule has 0 atom stereocenters. The molecule has 0 radical (unpaired) electrons. The Labute approximate surface area is 160 Å². The highest BCUT2D eigenvalue weighted by Crippen LogP contribution is 2.18. The first-order valence-electron chi connectivity index (χ1n) is 9.85. The van der Waals surface area contributed by atoms with Gasteiger partial charge in [0.15, 0.2) is 0 Å². The predicted octanol–water partition coefficient (Wildman–Crippen LogP) is 2.76. The summed E-state index contributed by atoms with van der Waals surface area (Å²) in [6, 6.07) is 10.5. The topological polar surface area (TPSA) is 51.8 Å². The van der Waals surface area contributed by atoms with Crippen LogP contribution in [-0.4, -0.2) is 42.5 Å². The second-order valence-electron chi connectivity index (χ2n) is 7.34. The van der Waals surface area contributed by atoms with Crippen molar-refractivity contribution in [3.05, 3.63) is 64.5 Å². The maximum Gasteiger partial charge on any atom is 0.137 e. The van der Waals surface area contributed by atoms with Gasteiger partial charge in [-0.3, -0.25) is 9.58 Å². The quantitative estimate of drug-likeness (QED) is 0.699. The van der Waals surface area contributed by atoms with Gasteiger partial charge in [-0.25, -0.2) is 0 Å². The molecule has 0 fully saturated rings. The molecule has 27 heavy (non-hydrogen) atoms. The Bertz CT molecular complexity index is 908. The first-order valence-corrected chi connectivity index (χ1v) is 9.85. The van der Waals surface area contributed by atoms with E-state index in [1.165, 1.54) is 16.8 Å². The molecule has 3 heterocycles. The van der Waals surface area contributed by atoms with Gasteiger partial charge < -0.3 is 4.57 Å². The second-order valence-corrected chi connectivity index (χ2v) is 7.34. The summed E-state index contributed by atoms with van der Waals surface area (Å²) in [6.07, 6.45) is 1.79. The molecule has 0 unspecified atom stereocenters. The number of nitrogens with zero attached hydrogens (tertiary/aromatic N) is 6. The third-order valence-electron chi connectivity index (χ3n) is 5.61. The Morgan fingerprint density at radius 2 is 1.81 bits per heavy atom. The monoisotopic (exact) mass is 364 g/mol. The molecule has 0 bridgehead atoms. The van der Waals surface area contributed by atoms with E-state index in [1.807, 2.05) is 0 Å². The Morgan fingerprint density at radius 1 is 1.00 bits per heavy atom. The number of aromatic nitrogens is 5. The van der Waals surface area contributed by atoms with Crippen LogP contribution in [-0.2, 0) is 32.5 Å². The van der Waals surface area contributed by atoms with Crippen LogP contribution < -0.4 is 0 Å². The van der Waals surface area contributed by atoms with Crippen LogP contribution >= 0.6 is 0 Å². The Kier molecular flexibility index (Phi) is 5.07. The van der Waals surface area contributed by atoms with Gasteiger partial charge in [-0.05, 0) is 26.3 Å². The summed E-state index contributed by atoms with van der Waals surface area (Å²) in [6.45, 7) is 11.3. The van der Waals surface area contributed by atoms with Crippen LogP contribution in [0.25, 0.3) is 0 Å². The molecule has 2 aromatic heterocycles. The lowest BCUT2D eigenvalue weighted by Crippen LogP contribution is -2.27. The summed E-state index contributed by atoms with van der Waals surface area (Å²) in [7, 11) is 0. The number of hydrogen-bond acceptors (Lipinski definition) is 4. The molecular weight excluding hydrogens is 336 g/mol. The van der Waals surface area contributed by atoms with Gasteiger partial charge >= 0.3 is 0 Å². The van der Waals surface area contributed by atoms with Gasteiger partial charge in [-0.15, -0.1) is 10.2 Å². The number of hydrogen-bond donors (Lipinski definition) is 0. The van der Waals surface area contributed by atoms with Crippen LogP contribution in [0, 0.1) is 13.8 Å². The zero-order valence-electron chi connectivity index (χ0n) is 16.5. The Hall–Kier alpha value is -2.47. The SMILES string of the molecule is CCn1nc(C)c(CN2CCc3nnc(Cc4ccccc4)n3CC2)c1C. The van der Waals surface area contributed by atoms with Gasteiger partial charge in [0.25, 0.3) is 0 Å². The highest BCUT2D eigenvalue weighted by Gasteiger charge is 2.21. The lowest BCUT2D eigenvalue weighted by molar-refractivity contribution is 0.269. The van der Waals surface area contributed by atoms with Crippen molar-refractivity contribution in [3.8, 4) is 0 Å². The van der Waals surface area contributed by atoms with E-state index < -0.39 is 0 Å². The van der Waals surface area contributed by atoms with Crippen molar-refractivity contribution in [1.82, 2.24) is 29.4 Å². The molecule has 1 aliphatic heterocycles. The summed E-state index contributed by atoms with van der Waals surface area (Å²) < 4.78 is 4.43. The molecule has 0 spiro atoms. The lowest BCUT2D eigenvalue weighted by atomic mass is 10.1. The van der Waals surface area contributed by atoms with Crippen LogP contribution in [0.15, 0.2) is 30.3 Å². The van der Waals surface area contributed by atoms with Gasteiger partial charge in [-0.2, -0.15) is 5.10 Å². The van der Waals surface area contributed by atoms with E-state index in [0.717, 1.165) is 62.9 Å². The molecule has 3 aromatic rings. The Morgan fingerprint density at radius 3 is 2.56 bits per heavy atom. The maximum atomic E-state index is 4.67. The fraction of sp³-hybridized carbons (Fsp3) is 0.476. The van der Waals surface area contributed by atoms with Crippen molar-refractivity contribution in [2.24, 2.45) is 0 Å². The average molecular weight is 364 g/mol. The zero-order valence-corrected chi connectivity index (χ0v) is 16.5. The van der Waals surface area contributed by atoms with Crippen molar-refractivity contribution in [2.75, 3.05) is 13.1 Å². The first kappa shape index (κ1) is 17.9. The van der Waals surface area contributed by atoms with Gasteiger partial charge in [0.2, 0.25) is 0 Å². The van der Waals surface area contributed by atoms with E-state index in [0.29, 0.717) is 0 Å². The van der Waals surface area contributed by atoms with E-state index in [1.54, 1.807) is 0 Å². The van der Waals surface area contributed by atoms with E-state index in [2.05, 4.69) is 80.5 Å². The molecule has 0 amide bonds. The third-order valence-corrected chi connectivity index (χ3v) is 5.61. The van der Waals surface area contributed by atoms with Gasteiger partial charge in [0, 0.05) is 56.8 Å². The smallest absolute Gasteiger partial charge is 0.137 e. The molecule has 1 aromatic carbocycles. The molecule has 0 aliphatic carbocycles. The van der Waals surface area contributed by atoms with Gasteiger partial charge in [0.05, 0.1) is 5.69 Å². The summed E-state index contributed by atoms with van der Waals surface area (Å²) in [5.41, 5.74) is 5.11. The minimum atomic E-state index is 0.843. The van der Waals surface area contributed by atoms with E-state index in [9.17, 15) is 0 Å². The zero-order chi connectivity index (χ0) is 18.8. The molecular formula is C21H28N6. The van der Waals surface area contributed by atoms with E-state index in [-0.39, 0.29) is 0 Å². The molecule has 6 heteroatoms. The molecule has 0 N–H and O–H groups in total. The van der Waals surface area contributed by atoms with Crippen molar-refractivity contribution in [1.29, 1.82) is 0 Å². The van der Waals surface area contributed by atoms with Crippen LogP contribution in [0.5, 0.6) is 0 Å². The molecule has 6 nitrogen and oxygen atoms in total. The molecule has 4 rings (SSSR count). The van der Waals surface area contributed by atoms with Crippen LogP contribution in [0.3, 0.4) is 0 Å². The standard InChI is InChI=1S/C21H28N6/c1-4-27-17(3)19(16(2)24-27)15-25-11-10-20-22-23-21(26(20)13-12-25)14-18-8-6-5-7-9-18/h5-9H,4,10-15H2,1-3H3. The second kappa shape index (κ2) is 7.64. The van der Waals surface area contributed by atoms with Crippen LogP contribution in [0.4, 0.5) is 0 Å². The third kappa shape index (κ3) is 3.67. The van der Waals surface area contributed by atoms with Crippen molar-refractivity contribution < 1.29 is 0 Å². The highest BCUT2D eigenvalue weighted by atomic mass is 15.3. The molecule has 0 saturated carbocycles.